The van der Waals surface area contributed by atoms with Gasteiger partial charge in [0.05, 0.1) is 14.2 Å². The van der Waals surface area contributed by atoms with Gasteiger partial charge in [-0.1, -0.05) is 46.7 Å². The van der Waals surface area contributed by atoms with E-state index >= 15 is 0 Å². The molecule has 0 aromatic heterocycles. The number of ether oxygens (including phenoxy) is 4. The van der Waals surface area contributed by atoms with Gasteiger partial charge in [0.15, 0.2) is 24.6 Å². The van der Waals surface area contributed by atoms with Crippen molar-refractivity contribution >= 4 is 20.2 Å². The Balaban J connectivity index is 2.60. The smallest absolute Gasteiger partial charge is 0.188 e. The van der Waals surface area contributed by atoms with E-state index in [1.54, 1.807) is 27.4 Å². The van der Waals surface area contributed by atoms with Gasteiger partial charge < -0.3 is 18.9 Å². The minimum atomic E-state index is -0.274. The predicted molar refractivity (Wildman–Crippen MR) is 109 cm³/mol. The molecule has 0 aliphatic heterocycles. The molecule has 2 aromatic rings. The molecule has 146 valence electrons. The summed E-state index contributed by atoms with van der Waals surface area (Å²) in [6.07, 6.45) is 1.76. The predicted octanol–water partition coefficient (Wildman–Crippen LogP) is 4.13. The third-order valence-corrected chi connectivity index (χ3v) is 6.50. The molecule has 2 rings (SSSR count). The molecule has 0 radical (unpaired) electrons. The first-order chi connectivity index (χ1) is 13.0. The summed E-state index contributed by atoms with van der Waals surface area (Å²) in [7, 11) is 5.17. The maximum Gasteiger partial charge on any atom is 0.188 e. The number of benzene rings is 2. The second-order valence-corrected chi connectivity index (χ2v) is 8.17. The fourth-order valence-electron chi connectivity index (χ4n) is 2.88. The van der Waals surface area contributed by atoms with Crippen molar-refractivity contribution in [2.24, 2.45) is 0 Å². The van der Waals surface area contributed by atoms with Gasteiger partial charge >= 0.3 is 0 Å². The number of carbonyl (C=O) groups is 1. The summed E-state index contributed by atoms with van der Waals surface area (Å²) in [5, 5.41) is 0.751. The average molecular weight is 390 g/mol. The molecule has 2 aromatic carbocycles. The molecular formula is C21H27O5P. The second-order valence-electron chi connectivity index (χ2n) is 6.27. The van der Waals surface area contributed by atoms with E-state index in [-0.39, 0.29) is 11.9 Å². The zero-order valence-corrected chi connectivity index (χ0v) is 17.5. The first kappa shape index (κ1) is 21.2. The van der Waals surface area contributed by atoms with Crippen molar-refractivity contribution in [1.82, 2.24) is 0 Å². The number of methoxy groups -OCH3 is 3. The third-order valence-electron chi connectivity index (χ3n) is 4.60. The van der Waals surface area contributed by atoms with E-state index in [0.717, 1.165) is 23.6 Å². The van der Waals surface area contributed by atoms with Crippen molar-refractivity contribution in [2.45, 2.75) is 25.4 Å². The maximum absolute atomic E-state index is 11.5. The molecule has 2 unspecified atom stereocenters. The van der Waals surface area contributed by atoms with Crippen LogP contribution in [0.5, 0.6) is 17.2 Å². The summed E-state index contributed by atoms with van der Waals surface area (Å²) < 4.78 is 22.0. The van der Waals surface area contributed by atoms with Crippen molar-refractivity contribution in [1.29, 1.82) is 0 Å². The molecule has 27 heavy (non-hydrogen) atoms. The molecule has 5 nitrogen and oxygen atoms in total. The largest absolute Gasteiger partial charge is 0.497 e. The zero-order chi connectivity index (χ0) is 19.9. The number of hydrogen-bond donors (Lipinski definition) is 0. The Morgan fingerprint density at radius 3 is 2.44 bits per heavy atom. The van der Waals surface area contributed by atoms with E-state index in [1.165, 1.54) is 0 Å². The molecular weight excluding hydrogens is 363 g/mol. The zero-order valence-electron chi connectivity index (χ0n) is 16.5. The fraction of sp³-hybridized carbons (Fsp3) is 0.381. The lowest BCUT2D eigenvalue weighted by Crippen LogP contribution is -2.21. The highest BCUT2D eigenvalue weighted by Gasteiger charge is 2.32. The Morgan fingerprint density at radius 1 is 1.11 bits per heavy atom. The summed E-state index contributed by atoms with van der Waals surface area (Å²) in [4.78, 5) is 11.5. The summed E-state index contributed by atoms with van der Waals surface area (Å²) >= 11 is 0. The number of aldehydes is 1. The van der Waals surface area contributed by atoms with Crippen molar-refractivity contribution in [3.8, 4) is 17.2 Å². The van der Waals surface area contributed by atoms with Gasteiger partial charge in [-0.3, -0.25) is 4.79 Å². The van der Waals surface area contributed by atoms with Crippen molar-refractivity contribution in [3.05, 3.63) is 47.5 Å². The maximum atomic E-state index is 11.5. The Kier molecular flexibility index (Phi) is 7.64. The first-order valence-corrected chi connectivity index (χ1v) is 9.73. The van der Waals surface area contributed by atoms with Gasteiger partial charge in [0.2, 0.25) is 0 Å². The van der Waals surface area contributed by atoms with Crippen molar-refractivity contribution in [3.63, 3.8) is 0 Å². The third kappa shape index (κ3) is 4.79. The van der Waals surface area contributed by atoms with Crippen LogP contribution in [0.25, 0.3) is 0 Å². The molecule has 6 heteroatoms. The van der Waals surface area contributed by atoms with Crippen LogP contribution in [0.3, 0.4) is 0 Å². The highest BCUT2D eigenvalue weighted by atomic mass is 31.1. The van der Waals surface area contributed by atoms with E-state index in [0.29, 0.717) is 31.4 Å². The molecule has 0 amide bonds. The van der Waals surface area contributed by atoms with E-state index in [1.807, 2.05) is 30.3 Å². The quantitative estimate of drug-likeness (QED) is 0.347. The summed E-state index contributed by atoms with van der Waals surface area (Å²) in [5.41, 5.74) is 1.68. The molecule has 0 bridgehead atoms. The Morgan fingerprint density at radius 2 is 1.85 bits per heavy atom. The molecule has 0 fully saturated rings. The van der Waals surface area contributed by atoms with Gasteiger partial charge in [-0.2, -0.15) is 0 Å². The lowest BCUT2D eigenvalue weighted by atomic mass is 9.95. The minimum Gasteiger partial charge on any atom is -0.497 e. The van der Waals surface area contributed by atoms with Gasteiger partial charge in [-0.05, 0) is 17.8 Å². The second kappa shape index (κ2) is 9.72. The Hall–Kier alpha value is -2.10. The monoisotopic (exact) mass is 390 g/mol. The minimum absolute atomic E-state index is 0.115. The van der Waals surface area contributed by atoms with Gasteiger partial charge in [0, 0.05) is 29.5 Å². The fourth-order valence-corrected chi connectivity index (χ4v) is 4.44. The highest BCUT2D eigenvalue weighted by molar-refractivity contribution is 7.48. The van der Waals surface area contributed by atoms with Gasteiger partial charge in [0.25, 0.3) is 0 Å². The molecule has 0 saturated carbocycles. The van der Waals surface area contributed by atoms with Crippen LogP contribution in [0.15, 0.2) is 36.4 Å². The van der Waals surface area contributed by atoms with Gasteiger partial charge in [0.1, 0.15) is 5.75 Å². The van der Waals surface area contributed by atoms with Crippen molar-refractivity contribution in [2.75, 3.05) is 28.1 Å². The average Bonchev–Trinajstić information content (AvgIpc) is 2.71. The molecule has 0 N–H and O–H groups in total. The highest BCUT2D eigenvalue weighted by Crippen LogP contribution is 2.51. The van der Waals surface area contributed by atoms with E-state index in [2.05, 4.69) is 13.8 Å². The topological polar surface area (TPSA) is 54.0 Å². The van der Waals surface area contributed by atoms with E-state index in [9.17, 15) is 4.79 Å². The summed E-state index contributed by atoms with van der Waals surface area (Å²) in [6.45, 7) is 4.41. The summed E-state index contributed by atoms with van der Waals surface area (Å²) in [5.74, 6) is 1.93. The van der Waals surface area contributed by atoms with Gasteiger partial charge in [-0.25, -0.2) is 0 Å². The molecule has 0 aliphatic rings. The van der Waals surface area contributed by atoms with Crippen LogP contribution in [0.4, 0.5) is 0 Å². The number of rotatable bonds is 10. The molecule has 0 saturated heterocycles. The van der Waals surface area contributed by atoms with Crippen LogP contribution in [0.2, 0.25) is 0 Å². The van der Waals surface area contributed by atoms with Gasteiger partial charge in [-0.15, -0.1) is 0 Å². The van der Waals surface area contributed by atoms with Crippen LogP contribution >= 0.6 is 8.58 Å². The molecule has 0 heterocycles. The van der Waals surface area contributed by atoms with Crippen LogP contribution in [-0.4, -0.2) is 34.4 Å². The van der Waals surface area contributed by atoms with E-state index < -0.39 is 0 Å². The molecule has 2 atom stereocenters. The SMILES string of the molecule is CCC(C)(Pc1ccccc1C=O)c1cc(OC)cc(OC)c1OCOC. The lowest BCUT2D eigenvalue weighted by Gasteiger charge is -2.32. The Labute approximate surface area is 162 Å². The van der Waals surface area contributed by atoms with Crippen LogP contribution < -0.4 is 19.5 Å². The standard InChI is InChI=1S/C21H27O5P/c1-6-21(2,27-19-10-8-7-9-15(19)13-22)17-11-16(24-4)12-18(25-5)20(17)26-14-23-3/h7-13,27H,6,14H2,1-5H3. The Bertz CT molecular complexity index is 777. The van der Waals surface area contributed by atoms with Crippen LogP contribution in [-0.2, 0) is 9.89 Å². The van der Waals surface area contributed by atoms with Crippen molar-refractivity contribution < 1.29 is 23.7 Å². The van der Waals surface area contributed by atoms with Crippen LogP contribution in [0.1, 0.15) is 36.2 Å². The lowest BCUT2D eigenvalue weighted by molar-refractivity contribution is 0.0479. The number of carbonyl (C=O) groups excluding carboxylic acids is 1. The number of hydrogen-bond acceptors (Lipinski definition) is 5. The van der Waals surface area contributed by atoms with Crippen LogP contribution in [0, 0.1) is 0 Å². The molecule has 0 aliphatic carbocycles. The summed E-state index contributed by atoms with van der Waals surface area (Å²) in [6, 6.07) is 11.5. The normalized spacial score (nSPS) is 13.4. The molecule has 0 spiro atoms. The first-order valence-electron chi connectivity index (χ1n) is 8.73. The van der Waals surface area contributed by atoms with E-state index in [4.69, 9.17) is 18.9 Å².